The highest BCUT2D eigenvalue weighted by molar-refractivity contribution is 8.17. The molecule has 0 aliphatic carbocycles. The van der Waals surface area contributed by atoms with Gasteiger partial charge in [0.05, 0.1) is 4.91 Å². The van der Waals surface area contributed by atoms with Crippen LogP contribution in [0.25, 0.3) is 0 Å². The number of thioether (sulfide) groups is 1. The number of carbonyl (C=O) groups is 1. The maximum atomic E-state index is 13.5. The highest BCUT2D eigenvalue weighted by Gasteiger charge is 2.91. The maximum Gasteiger partial charge on any atom is 0.460 e. The SMILES string of the molecule is C=C(C)C(=O)SC(=C)C(F)(F)C(F)(F)C(F)(F)C(F)(F)C(F)(F)C(F)(F)F. The third-order valence-electron chi connectivity index (χ3n) is 2.85. The Balaban J connectivity index is 6.27. The molecule has 0 amide bonds. The van der Waals surface area contributed by atoms with E-state index in [0.29, 0.717) is 0 Å². The number of carbonyl (C=O) groups excluding carboxylic acids is 1. The van der Waals surface area contributed by atoms with Gasteiger partial charge in [-0.3, -0.25) is 4.79 Å². The fraction of sp³-hybridized carbons (Fsp3) is 0.583. The molecule has 0 heterocycles. The number of hydrogen-bond acceptors (Lipinski definition) is 2. The predicted octanol–water partition coefficient (Wildman–Crippen LogP) is 6.07. The second-order valence-electron chi connectivity index (χ2n) is 4.96. The predicted molar refractivity (Wildman–Crippen MR) is 67.3 cm³/mol. The summed E-state index contributed by atoms with van der Waals surface area (Å²) in [7, 11) is 0. The van der Waals surface area contributed by atoms with Gasteiger partial charge in [0, 0.05) is 0 Å². The Morgan fingerprint density at radius 1 is 0.667 bits per heavy atom. The van der Waals surface area contributed by atoms with Gasteiger partial charge in [0.25, 0.3) is 0 Å². The molecule has 0 atom stereocenters. The molecule has 1 nitrogen and oxygen atoms in total. The topological polar surface area (TPSA) is 17.1 Å². The fourth-order valence-corrected chi connectivity index (χ4v) is 1.86. The zero-order valence-electron chi connectivity index (χ0n) is 12.6. The smallest absolute Gasteiger partial charge is 0.282 e. The Hall–Kier alpha value is -1.41. The van der Waals surface area contributed by atoms with Crippen molar-refractivity contribution in [2.45, 2.75) is 42.7 Å². The van der Waals surface area contributed by atoms with Crippen LogP contribution in [0.2, 0.25) is 0 Å². The minimum absolute atomic E-state index is 0.610. The third-order valence-corrected chi connectivity index (χ3v) is 3.88. The van der Waals surface area contributed by atoms with E-state index < -0.39 is 63.1 Å². The van der Waals surface area contributed by atoms with Gasteiger partial charge in [-0.15, -0.1) is 0 Å². The first-order valence-corrected chi connectivity index (χ1v) is 6.84. The second-order valence-corrected chi connectivity index (χ2v) is 6.03. The first-order chi connectivity index (χ1) is 11.5. The molecule has 0 rings (SSSR count). The maximum absolute atomic E-state index is 13.5. The number of halogens is 13. The van der Waals surface area contributed by atoms with E-state index in [1.165, 1.54) is 0 Å². The zero-order valence-corrected chi connectivity index (χ0v) is 13.5. The molecule has 15 heteroatoms. The minimum Gasteiger partial charge on any atom is -0.282 e. The van der Waals surface area contributed by atoms with Gasteiger partial charge < -0.3 is 0 Å². The minimum atomic E-state index is -7.99. The molecule has 0 saturated heterocycles. The molecule has 0 fully saturated rings. The van der Waals surface area contributed by atoms with Gasteiger partial charge >= 0.3 is 35.8 Å². The molecule has 0 aromatic heterocycles. The van der Waals surface area contributed by atoms with Crippen LogP contribution in [-0.2, 0) is 4.79 Å². The van der Waals surface area contributed by atoms with Gasteiger partial charge in [-0.1, -0.05) is 13.2 Å². The molecule has 0 saturated carbocycles. The molecule has 0 bridgehead atoms. The van der Waals surface area contributed by atoms with Crippen LogP contribution >= 0.6 is 11.8 Å². The molecule has 0 spiro atoms. The van der Waals surface area contributed by atoms with Crippen molar-refractivity contribution in [2.24, 2.45) is 0 Å². The zero-order chi connectivity index (χ0) is 22.4. The molecule has 0 N–H and O–H groups in total. The van der Waals surface area contributed by atoms with Gasteiger partial charge in [0.1, 0.15) is 0 Å². The number of allylic oxidation sites excluding steroid dienone is 1. The van der Waals surface area contributed by atoms with Crippen LogP contribution in [0.5, 0.6) is 0 Å². The van der Waals surface area contributed by atoms with Crippen molar-refractivity contribution < 1.29 is 61.9 Å². The van der Waals surface area contributed by atoms with E-state index in [-0.39, 0.29) is 0 Å². The first-order valence-electron chi connectivity index (χ1n) is 6.03. The van der Waals surface area contributed by atoms with Crippen molar-refractivity contribution in [1.82, 2.24) is 0 Å². The molecule has 158 valence electrons. The Labute approximate surface area is 146 Å². The molecule has 27 heavy (non-hydrogen) atoms. The van der Waals surface area contributed by atoms with E-state index in [4.69, 9.17) is 0 Å². The van der Waals surface area contributed by atoms with Crippen molar-refractivity contribution in [1.29, 1.82) is 0 Å². The lowest BCUT2D eigenvalue weighted by atomic mass is 9.94. The first kappa shape index (κ1) is 25.6. The van der Waals surface area contributed by atoms with Crippen LogP contribution < -0.4 is 0 Å². The highest BCUT2D eigenvalue weighted by Crippen LogP contribution is 2.61. The van der Waals surface area contributed by atoms with Crippen molar-refractivity contribution in [3.05, 3.63) is 23.6 Å². The Kier molecular flexibility index (Phi) is 6.52. The lowest BCUT2D eigenvalue weighted by Crippen LogP contribution is -2.70. The van der Waals surface area contributed by atoms with Gasteiger partial charge in [-0.2, -0.15) is 57.1 Å². The molecule has 0 unspecified atom stereocenters. The lowest BCUT2D eigenvalue weighted by molar-refractivity contribution is -0.436. The van der Waals surface area contributed by atoms with Gasteiger partial charge in [0.2, 0.25) is 5.12 Å². The number of hydrogen-bond donors (Lipinski definition) is 0. The Bertz CT molecular complexity index is 632. The van der Waals surface area contributed by atoms with Crippen LogP contribution in [-0.4, -0.2) is 40.9 Å². The van der Waals surface area contributed by atoms with Crippen LogP contribution in [0.4, 0.5) is 57.1 Å². The van der Waals surface area contributed by atoms with Gasteiger partial charge in [-0.25, -0.2) is 0 Å². The van der Waals surface area contributed by atoms with Gasteiger partial charge in [-0.05, 0) is 24.3 Å². The quantitative estimate of drug-likeness (QED) is 0.349. The summed E-state index contributed by atoms with van der Waals surface area (Å²) in [5.74, 6) is -37.7. The summed E-state index contributed by atoms with van der Waals surface area (Å²) >= 11 is -0.970. The molecule has 0 aliphatic rings. The molecule has 0 radical (unpaired) electrons. The summed E-state index contributed by atoms with van der Waals surface area (Å²) in [5.41, 5.74) is -0.610. The van der Waals surface area contributed by atoms with E-state index in [1.54, 1.807) is 0 Å². The van der Waals surface area contributed by atoms with Crippen LogP contribution in [0.1, 0.15) is 6.92 Å². The second kappa shape index (κ2) is 6.88. The summed E-state index contributed by atoms with van der Waals surface area (Å²) < 4.78 is 167. The average molecular weight is 446 g/mol. The monoisotopic (exact) mass is 446 g/mol. The molecular weight excluding hydrogens is 439 g/mol. The van der Waals surface area contributed by atoms with Gasteiger partial charge in [0.15, 0.2) is 0 Å². The van der Waals surface area contributed by atoms with E-state index >= 15 is 0 Å². The van der Waals surface area contributed by atoms with Crippen LogP contribution in [0.3, 0.4) is 0 Å². The average Bonchev–Trinajstić information content (AvgIpc) is 2.44. The van der Waals surface area contributed by atoms with Crippen molar-refractivity contribution >= 4 is 16.9 Å². The van der Waals surface area contributed by atoms with E-state index in [1.807, 2.05) is 0 Å². The largest absolute Gasteiger partial charge is 0.460 e. The Morgan fingerprint density at radius 3 is 1.30 bits per heavy atom. The molecule has 0 aromatic carbocycles. The summed E-state index contributed by atoms with van der Waals surface area (Å²) in [6, 6.07) is 0. The normalized spacial score (nSPS) is 14.9. The van der Waals surface area contributed by atoms with Crippen molar-refractivity contribution in [3.63, 3.8) is 0 Å². The number of rotatable bonds is 7. The summed E-state index contributed by atoms with van der Waals surface area (Å²) in [6.07, 6.45) is -7.48. The third kappa shape index (κ3) is 3.78. The molecular formula is C12H7F13OS. The number of alkyl halides is 13. The van der Waals surface area contributed by atoms with E-state index in [0.717, 1.165) is 6.92 Å². The van der Waals surface area contributed by atoms with Crippen LogP contribution in [0, 0.1) is 0 Å². The molecule has 0 aliphatic heterocycles. The van der Waals surface area contributed by atoms with Crippen molar-refractivity contribution in [3.8, 4) is 0 Å². The standard InChI is InChI=1S/C12H7F13OS/c1-4(2)6(26)27-5(3)7(13,14)8(15,16)9(17,18)10(19,20)11(21,22)12(23,24)25/h1,3H2,2H3. The Morgan fingerprint density at radius 2 is 1.00 bits per heavy atom. The van der Waals surface area contributed by atoms with Crippen LogP contribution in [0.15, 0.2) is 23.6 Å². The highest BCUT2D eigenvalue weighted by atomic mass is 32.2. The summed E-state index contributed by atoms with van der Waals surface area (Å²) in [5, 5.41) is -1.56. The molecule has 0 aromatic rings. The summed E-state index contributed by atoms with van der Waals surface area (Å²) in [4.78, 5) is 8.58. The fourth-order valence-electron chi connectivity index (χ4n) is 1.21. The summed E-state index contributed by atoms with van der Waals surface area (Å²) in [6.45, 7) is 5.81. The van der Waals surface area contributed by atoms with E-state index in [9.17, 15) is 61.9 Å². The van der Waals surface area contributed by atoms with Crippen molar-refractivity contribution in [2.75, 3.05) is 0 Å². The lowest BCUT2D eigenvalue weighted by Gasteiger charge is -2.39. The van der Waals surface area contributed by atoms with E-state index in [2.05, 4.69) is 13.2 Å².